The van der Waals surface area contributed by atoms with Crippen LogP contribution in [0.15, 0.2) is 18.3 Å². The lowest BCUT2D eigenvalue weighted by molar-refractivity contribution is 0.0302. The number of aromatic nitrogens is 1. The van der Waals surface area contributed by atoms with Crippen molar-refractivity contribution in [2.75, 3.05) is 25.0 Å². The lowest BCUT2D eigenvalue weighted by atomic mass is 10.1. The number of nitrogens with zero attached hydrogens (tertiary/aromatic N) is 2. The molecule has 3 atom stereocenters. The molecule has 1 aromatic heterocycles. The monoisotopic (exact) mass is 247 g/mol. The van der Waals surface area contributed by atoms with E-state index in [1.165, 1.54) is 18.4 Å². The van der Waals surface area contributed by atoms with Gasteiger partial charge in [0.15, 0.2) is 0 Å². The van der Waals surface area contributed by atoms with Gasteiger partial charge in [-0.25, -0.2) is 4.98 Å². The van der Waals surface area contributed by atoms with Gasteiger partial charge in [-0.1, -0.05) is 0 Å². The predicted octanol–water partition coefficient (Wildman–Crippen LogP) is 1.73. The van der Waals surface area contributed by atoms with Crippen LogP contribution in [0.5, 0.6) is 0 Å². The number of rotatable bonds is 3. The van der Waals surface area contributed by atoms with Crippen molar-refractivity contribution in [1.82, 2.24) is 10.3 Å². The van der Waals surface area contributed by atoms with Crippen molar-refractivity contribution in [3.05, 3.63) is 23.9 Å². The Hall–Kier alpha value is -1.13. The molecule has 0 aliphatic carbocycles. The zero-order valence-electron chi connectivity index (χ0n) is 11.1. The number of ether oxygens (including phenoxy) is 1. The highest BCUT2D eigenvalue weighted by molar-refractivity contribution is 5.43. The summed E-state index contributed by atoms with van der Waals surface area (Å²) in [5.41, 5.74) is 1.29. The third kappa shape index (κ3) is 2.22. The molecule has 1 aromatic rings. The van der Waals surface area contributed by atoms with Gasteiger partial charge in [-0.3, -0.25) is 0 Å². The van der Waals surface area contributed by atoms with Crippen LogP contribution in [-0.2, 0) is 4.74 Å². The molecular formula is C14H21N3O. The molecule has 2 bridgehead atoms. The number of fused-ring (bicyclic) bond motifs is 2. The summed E-state index contributed by atoms with van der Waals surface area (Å²) in [6.45, 7) is 4.14. The van der Waals surface area contributed by atoms with Gasteiger partial charge in [-0.15, -0.1) is 0 Å². The Labute approximate surface area is 108 Å². The van der Waals surface area contributed by atoms with Crippen molar-refractivity contribution < 1.29 is 4.74 Å². The first-order valence-electron chi connectivity index (χ1n) is 6.80. The largest absolute Gasteiger partial charge is 0.371 e. The van der Waals surface area contributed by atoms with E-state index in [1.54, 1.807) is 0 Å². The number of hydrogen-bond acceptors (Lipinski definition) is 4. The summed E-state index contributed by atoms with van der Waals surface area (Å²) in [5, 5.41) is 3.27. The quantitative estimate of drug-likeness (QED) is 0.882. The maximum atomic E-state index is 5.87. The number of anilines is 1. The number of morpholine rings is 1. The molecule has 0 amide bonds. The third-order valence-corrected chi connectivity index (χ3v) is 4.07. The van der Waals surface area contributed by atoms with Gasteiger partial charge >= 0.3 is 0 Å². The SMILES string of the molecule is CNC(C)c1ccnc(N2CC3CCC(C2)O3)c1. The van der Waals surface area contributed by atoms with Gasteiger partial charge in [0.05, 0.1) is 12.2 Å². The second-order valence-corrected chi connectivity index (χ2v) is 5.32. The number of pyridine rings is 1. The first-order chi connectivity index (χ1) is 8.76. The lowest BCUT2D eigenvalue weighted by Gasteiger charge is -2.33. The van der Waals surface area contributed by atoms with Crippen molar-refractivity contribution in [3.63, 3.8) is 0 Å². The van der Waals surface area contributed by atoms with E-state index in [4.69, 9.17) is 4.74 Å². The minimum atomic E-state index is 0.365. The topological polar surface area (TPSA) is 37.4 Å². The Balaban J connectivity index is 1.79. The average Bonchev–Trinajstić information content (AvgIpc) is 2.76. The summed E-state index contributed by atoms with van der Waals surface area (Å²) in [7, 11) is 1.99. The molecule has 2 saturated heterocycles. The van der Waals surface area contributed by atoms with Crippen LogP contribution in [-0.4, -0.2) is 37.3 Å². The fraction of sp³-hybridized carbons (Fsp3) is 0.643. The van der Waals surface area contributed by atoms with E-state index < -0.39 is 0 Å². The Morgan fingerprint density at radius 2 is 2.11 bits per heavy atom. The molecule has 0 saturated carbocycles. The molecule has 4 heteroatoms. The smallest absolute Gasteiger partial charge is 0.128 e. The van der Waals surface area contributed by atoms with Gasteiger partial charge in [0.1, 0.15) is 5.82 Å². The molecule has 0 aromatic carbocycles. The van der Waals surface area contributed by atoms with Crippen LogP contribution < -0.4 is 10.2 Å². The number of hydrogen-bond donors (Lipinski definition) is 1. The van der Waals surface area contributed by atoms with E-state index in [0.29, 0.717) is 18.2 Å². The summed E-state index contributed by atoms with van der Waals surface area (Å²) < 4.78 is 5.87. The minimum Gasteiger partial charge on any atom is -0.371 e. The predicted molar refractivity (Wildman–Crippen MR) is 71.8 cm³/mol. The molecule has 3 heterocycles. The lowest BCUT2D eigenvalue weighted by Crippen LogP contribution is -2.43. The van der Waals surface area contributed by atoms with Gasteiger partial charge in [0.25, 0.3) is 0 Å². The van der Waals surface area contributed by atoms with E-state index in [1.807, 2.05) is 13.2 Å². The van der Waals surface area contributed by atoms with Crippen LogP contribution in [0.2, 0.25) is 0 Å². The molecule has 0 radical (unpaired) electrons. The molecule has 2 aliphatic heterocycles. The molecule has 4 nitrogen and oxygen atoms in total. The van der Waals surface area contributed by atoms with Crippen LogP contribution in [0.4, 0.5) is 5.82 Å². The molecular weight excluding hydrogens is 226 g/mol. The van der Waals surface area contributed by atoms with Gasteiger partial charge in [0.2, 0.25) is 0 Å². The zero-order chi connectivity index (χ0) is 12.5. The van der Waals surface area contributed by atoms with Crippen LogP contribution in [0.1, 0.15) is 31.4 Å². The van der Waals surface area contributed by atoms with Gasteiger partial charge < -0.3 is 15.0 Å². The average molecular weight is 247 g/mol. The second-order valence-electron chi connectivity index (χ2n) is 5.32. The molecule has 2 aliphatic rings. The van der Waals surface area contributed by atoms with Gasteiger partial charge in [-0.2, -0.15) is 0 Å². The van der Waals surface area contributed by atoms with E-state index >= 15 is 0 Å². The van der Waals surface area contributed by atoms with Crippen molar-refractivity contribution in [2.45, 2.75) is 38.0 Å². The molecule has 3 rings (SSSR count). The van der Waals surface area contributed by atoms with E-state index in [-0.39, 0.29) is 0 Å². The first kappa shape index (κ1) is 11.9. The van der Waals surface area contributed by atoms with Crippen LogP contribution in [0, 0.1) is 0 Å². The van der Waals surface area contributed by atoms with Crippen molar-refractivity contribution in [2.24, 2.45) is 0 Å². The molecule has 3 unspecified atom stereocenters. The first-order valence-corrected chi connectivity index (χ1v) is 6.80. The summed E-state index contributed by atoms with van der Waals surface area (Å²) in [5.74, 6) is 1.09. The maximum Gasteiger partial charge on any atom is 0.128 e. The van der Waals surface area contributed by atoms with E-state index in [9.17, 15) is 0 Å². The highest BCUT2D eigenvalue weighted by atomic mass is 16.5. The van der Waals surface area contributed by atoms with Crippen LogP contribution >= 0.6 is 0 Å². The molecule has 1 N–H and O–H groups in total. The normalized spacial score (nSPS) is 28.4. The summed E-state index contributed by atoms with van der Waals surface area (Å²) in [4.78, 5) is 6.89. The Morgan fingerprint density at radius 1 is 1.39 bits per heavy atom. The summed E-state index contributed by atoms with van der Waals surface area (Å²) in [6.07, 6.45) is 5.14. The Kier molecular flexibility index (Phi) is 3.22. The van der Waals surface area contributed by atoms with Crippen molar-refractivity contribution >= 4 is 5.82 Å². The molecule has 18 heavy (non-hydrogen) atoms. The second kappa shape index (κ2) is 4.86. The van der Waals surface area contributed by atoms with E-state index in [2.05, 4.69) is 34.3 Å². The Bertz CT molecular complexity index is 411. The number of nitrogens with one attached hydrogen (secondary N) is 1. The Morgan fingerprint density at radius 3 is 2.78 bits per heavy atom. The van der Waals surface area contributed by atoms with Gasteiger partial charge in [-0.05, 0) is 44.5 Å². The fourth-order valence-corrected chi connectivity index (χ4v) is 2.84. The van der Waals surface area contributed by atoms with Crippen molar-refractivity contribution in [1.29, 1.82) is 0 Å². The maximum absolute atomic E-state index is 5.87. The highest BCUT2D eigenvalue weighted by Crippen LogP contribution is 2.29. The third-order valence-electron chi connectivity index (χ3n) is 4.07. The van der Waals surface area contributed by atoms with Crippen LogP contribution in [0.25, 0.3) is 0 Å². The van der Waals surface area contributed by atoms with Gasteiger partial charge in [0, 0.05) is 25.3 Å². The highest BCUT2D eigenvalue weighted by Gasteiger charge is 2.34. The molecule has 2 fully saturated rings. The summed E-state index contributed by atoms with van der Waals surface area (Å²) in [6, 6.07) is 4.65. The molecule has 98 valence electrons. The summed E-state index contributed by atoms with van der Waals surface area (Å²) >= 11 is 0. The fourth-order valence-electron chi connectivity index (χ4n) is 2.84. The zero-order valence-corrected chi connectivity index (χ0v) is 11.1. The van der Waals surface area contributed by atoms with Crippen LogP contribution in [0.3, 0.4) is 0 Å². The van der Waals surface area contributed by atoms with Crippen molar-refractivity contribution in [3.8, 4) is 0 Å². The standard InChI is InChI=1S/C14H21N3O/c1-10(15-2)11-5-6-16-14(7-11)17-8-12-3-4-13(9-17)18-12/h5-7,10,12-13,15H,3-4,8-9H2,1-2H3. The van der Waals surface area contributed by atoms with E-state index in [0.717, 1.165) is 18.9 Å². The molecule has 0 spiro atoms. The minimum absolute atomic E-state index is 0.365.